The molecule has 4 rings (SSSR count). The lowest BCUT2D eigenvalue weighted by Crippen LogP contribution is -2.55. The van der Waals surface area contributed by atoms with Crippen LogP contribution in [-0.4, -0.2) is 236 Å². The van der Waals surface area contributed by atoms with Crippen molar-refractivity contribution in [2.45, 2.75) is 194 Å². The standard InChI is InChI=1S/C79H125N9O19S/c1-14-54(6)72(69(99-12)49-71(94)88-31-19-23-65(88)73(100-13)55(7)66(90)46-60(75-82-30-43-108-75)44-57-20-16-15-17-21-57)87(11)76(96)62(53(4)5)48-70(93)79(9,10)86-78(98)107-50-59-26-24-58(25-27-59)45-67(91)63(22-18-29-83-77(81)97)85-74(95)61(52(2)3)47-68(92)64(84-56(8)89)51-106-42-41-105-40-39-104-38-37-103-36-35-102-34-33-101-32-28-80/h15-17,20-21,24-27,30,43,52-55,60-65,69,72-73H,14,18-19,22-23,28-29,31-42,44-51,80H2,1-13H3,(H,84,89)(H,85,95)(H,86,98)(H3,81,83,97)/t54-,55-,60+,61-,62-,63-,64+,65-,69+,72-,73+/m0/s1. The van der Waals surface area contributed by atoms with Gasteiger partial charge in [0, 0.05) is 109 Å². The van der Waals surface area contributed by atoms with Crippen LogP contribution in [0.1, 0.15) is 155 Å². The van der Waals surface area contributed by atoms with Crippen LogP contribution < -0.4 is 32.7 Å². The van der Waals surface area contributed by atoms with E-state index in [1.807, 2.05) is 63.1 Å². The van der Waals surface area contributed by atoms with Crippen molar-refractivity contribution in [3.8, 4) is 0 Å². The zero-order chi connectivity index (χ0) is 79.7. The van der Waals surface area contributed by atoms with Gasteiger partial charge in [0.05, 0.1) is 127 Å². The van der Waals surface area contributed by atoms with Crippen molar-refractivity contribution < 1.29 is 90.6 Å². The molecule has 3 aromatic rings. The molecule has 11 atom stereocenters. The number of primary amides is 1. The van der Waals surface area contributed by atoms with Crippen LogP contribution in [0.25, 0.3) is 0 Å². The number of Topliss-reactive ketones (excluding diaryl/α,β-unsaturated/α-hetero) is 4. The van der Waals surface area contributed by atoms with Crippen LogP contribution in [-0.2, 0) is 100 Å². The van der Waals surface area contributed by atoms with Crippen molar-refractivity contribution >= 4 is 70.2 Å². The first-order chi connectivity index (χ1) is 51.6. The van der Waals surface area contributed by atoms with Gasteiger partial charge < -0.3 is 85.2 Å². The van der Waals surface area contributed by atoms with Crippen molar-refractivity contribution in [1.29, 1.82) is 0 Å². The molecule has 0 bridgehead atoms. The maximum atomic E-state index is 14.9. The first kappa shape index (κ1) is 93.2. The van der Waals surface area contributed by atoms with Crippen LogP contribution >= 0.6 is 11.3 Å². The van der Waals surface area contributed by atoms with Crippen molar-refractivity contribution in [3.05, 3.63) is 87.9 Å². The SMILES string of the molecule is CC[C@H](C)[C@@H]([C@@H](CC(=O)N1CCC[C@H]1[C@H](OC)[C@@H](C)C(=O)C[C@@H](Cc1ccccc1)c1nccs1)OC)N(C)C(=O)[C@@H](CC(=O)C(C)(C)NC(=O)OCc1ccc(CC(=O)[C@H](CCCNC(N)=O)NC(=O)[C@@H](CC(=O)[C@@H](COCCOCCOCCOCCOCCOCCN)NC(C)=O)C(C)C)cc1)C(C)C. The van der Waals surface area contributed by atoms with Crippen LogP contribution in [0.4, 0.5) is 9.59 Å². The second-order valence-corrected chi connectivity index (χ2v) is 29.9. The number of ketones is 4. The first-order valence-corrected chi connectivity index (χ1v) is 38.9. The number of alkyl carbamates (subject to hydrolysis) is 1. The van der Waals surface area contributed by atoms with Crippen LogP contribution in [0.5, 0.6) is 0 Å². The molecule has 1 aromatic heterocycles. The second kappa shape index (κ2) is 50.6. The van der Waals surface area contributed by atoms with Gasteiger partial charge in [-0.25, -0.2) is 14.6 Å². The Balaban J connectivity index is 1.31. The van der Waals surface area contributed by atoms with E-state index in [1.165, 1.54) is 25.4 Å². The highest BCUT2D eigenvalue weighted by atomic mass is 32.1. The molecule has 108 heavy (non-hydrogen) atoms. The Hall–Kier alpha value is -7.19. The third-order valence-corrected chi connectivity index (χ3v) is 20.7. The molecule has 29 heteroatoms. The van der Waals surface area contributed by atoms with Gasteiger partial charge in [0.25, 0.3) is 0 Å². The minimum Gasteiger partial charge on any atom is -0.445 e. The maximum Gasteiger partial charge on any atom is 0.408 e. The van der Waals surface area contributed by atoms with Crippen LogP contribution in [0.2, 0.25) is 0 Å². The molecular weight excluding hydrogens is 1410 g/mol. The number of urea groups is 1. The van der Waals surface area contributed by atoms with E-state index < -0.39 is 89.1 Å². The van der Waals surface area contributed by atoms with Gasteiger partial charge >= 0.3 is 12.1 Å². The van der Waals surface area contributed by atoms with Gasteiger partial charge in [0.2, 0.25) is 23.6 Å². The van der Waals surface area contributed by atoms with E-state index in [0.717, 1.165) is 17.0 Å². The molecular formula is C79H125N9O19S. The van der Waals surface area contributed by atoms with E-state index in [9.17, 15) is 47.9 Å². The average molecular weight is 1540 g/mol. The van der Waals surface area contributed by atoms with E-state index in [-0.39, 0.29) is 138 Å². The molecule has 28 nitrogen and oxygen atoms in total. The van der Waals surface area contributed by atoms with Gasteiger partial charge in [-0.05, 0) is 80.4 Å². The molecule has 8 N–H and O–H groups in total. The molecule has 606 valence electrons. The number of nitrogens with two attached hydrogens (primary N) is 2. The van der Waals surface area contributed by atoms with Crippen molar-refractivity contribution in [2.75, 3.05) is 120 Å². The summed E-state index contributed by atoms with van der Waals surface area (Å²) >= 11 is 1.53. The number of hydrogen-bond acceptors (Lipinski definition) is 22. The third kappa shape index (κ3) is 33.2. The zero-order valence-corrected chi connectivity index (χ0v) is 66.9. The second-order valence-electron chi connectivity index (χ2n) is 29.0. The van der Waals surface area contributed by atoms with E-state index in [1.54, 1.807) is 77.2 Å². The number of rotatable bonds is 57. The quantitative estimate of drug-likeness (QED) is 0.0306. The molecule has 2 aromatic carbocycles. The summed E-state index contributed by atoms with van der Waals surface area (Å²) in [5, 5.41) is 13.5. The summed E-state index contributed by atoms with van der Waals surface area (Å²) in [4.78, 5) is 145. The maximum absolute atomic E-state index is 14.9. The number of ether oxygens (including phenoxy) is 9. The Kier molecular flexibility index (Phi) is 43.6. The predicted octanol–water partition coefficient (Wildman–Crippen LogP) is 7.12. The number of nitrogens with zero attached hydrogens (tertiary/aromatic N) is 3. The van der Waals surface area contributed by atoms with Gasteiger partial charge in [-0.1, -0.05) is 109 Å². The molecule has 0 saturated carbocycles. The van der Waals surface area contributed by atoms with Crippen molar-refractivity contribution in [3.63, 3.8) is 0 Å². The summed E-state index contributed by atoms with van der Waals surface area (Å²) in [6, 6.07) is 12.9. The molecule has 1 fully saturated rings. The number of likely N-dealkylation sites (N-methyl/N-ethyl adjacent to an activating group) is 1. The molecule has 2 heterocycles. The summed E-state index contributed by atoms with van der Waals surface area (Å²) in [6.07, 6.45) is 2.25. The average Bonchev–Trinajstić information content (AvgIpc) is 1.11. The Labute approximate surface area is 643 Å². The van der Waals surface area contributed by atoms with Gasteiger partial charge in [-0.15, -0.1) is 11.3 Å². The number of methoxy groups -OCH3 is 2. The summed E-state index contributed by atoms with van der Waals surface area (Å²) in [5.74, 6) is -5.90. The van der Waals surface area contributed by atoms with E-state index in [0.29, 0.717) is 96.3 Å². The zero-order valence-electron chi connectivity index (χ0n) is 66.1. The molecule has 1 aliphatic heterocycles. The topological polar surface area (TPSA) is 373 Å². The van der Waals surface area contributed by atoms with E-state index >= 15 is 0 Å². The fraction of sp³-hybridized carbons (Fsp3) is 0.684. The lowest BCUT2D eigenvalue weighted by Gasteiger charge is -2.41. The summed E-state index contributed by atoms with van der Waals surface area (Å²) in [5.41, 5.74) is 11.4. The molecule has 0 aliphatic carbocycles. The highest BCUT2D eigenvalue weighted by Crippen LogP contribution is 2.34. The lowest BCUT2D eigenvalue weighted by atomic mass is 9.83. The number of carbonyl (C=O) groups is 10. The number of benzene rings is 2. The highest BCUT2D eigenvalue weighted by molar-refractivity contribution is 7.09. The first-order valence-electron chi connectivity index (χ1n) is 38.0. The smallest absolute Gasteiger partial charge is 0.408 e. The Morgan fingerprint density at radius 2 is 1.29 bits per heavy atom. The monoisotopic (exact) mass is 1540 g/mol. The fourth-order valence-electron chi connectivity index (χ4n) is 13.2. The summed E-state index contributed by atoms with van der Waals surface area (Å²) < 4.78 is 50.8. The fourth-order valence-corrected chi connectivity index (χ4v) is 13.9. The van der Waals surface area contributed by atoms with Gasteiger partial charge in [-0.2, -0.15) is 0 Å². The van der Waals surface area contributed by atoms with Crippen LogP contribution in [0, 0.1) is 35.5 Å². The molecule has 1 saturated heterocycles. The minimum atomic E-state index is -1.48. The number of amides is 7. The lowest BCUT2D eigenvalue weighted by molar-refractivity contribution is -0.149. The number of thiazole rings is 1. The van der Waals surface area contributed by atoms with Crippen molar-refractivity contribution in [2.24, 2.45) is 47.0 Å². The van der Waals surface area contributed by atoms with Gasteiger partial charge in [0.1, 0.15) is 18.4 Å². The van der Waals surface area contributed by atoms with Gasteiger partial charge in [0.15, 0.2) is 17.3 Å². The molecule has 1 aliphatic rings. The predicted molar refractivity (Wildman–Crippen MR) is 410 cm³/mol. The Bertz CT molecular complexity index is 3180. The number of hydrogen-bond donors (Lipinski definition) is 6. The number of nitrogens with one attached hydrogen (secondary N) is 4. The Morgan fingerprint density at radius 3 is 1.82 bits per heavy atom. The third-order valence-electron chi connectivity index (χ3n) is 19.7. The summed E-state index contributed by atoms with van der Waals surface area (Å²) in [6.45, 7) is 22.1. The van der Waals surface area contributed by atoms with Crippen LogP contribution in [0.3, 0.4) is 0 Å². The number of aromatic nitrogens is 1. The highest BCUT2D eigenvalue weighted by Gasteiger charge is 2.44. The molecule has 7 amide bonds. The minimum absolute atomic E-state index is 0.0308. The van der Waals surface area contributed by atoms with E-state index in [4.69, 9.17) is 54.1 Å². The normalized spacial score (nSPS) is 15.9. The largest absolute Gasteiger partial charge is 0.445 e. The Morgan fingerprint density at radius 1 is 0.694 bits per heavy atom. The summed E-state index contributed by atoms with van der Waals surface area (Å²) in [7, 11) is 4.80. The van der Waals surface area contributed by atoms with Crippen molar-refractivity contribution in [1.82, 2.24) is 36.1 Å². The molecule has 0 radical (unpaired) electrons. The van der Waals surface area contributed by atoms with Crippen LogP contribution in [0.15, 0.2) is 66.2 Å². The molecule has 0 spiro atoms. The van der Waals surface area contributed by atoms with Gasteiger partial charge in [-0.3, -0.25) is 38.4 Å². The number of likely N-dealkylation sites (tertiary alicyclic amines) is 1. The van der Waals surface area contributed by atoms with E-state index in [2.05, 4.69) is 38.4 Å². The number of carbonyl (C=O) groups excluding carboxylic acids is 10. The molecule has 0 unspecified atom stereocenters.